The van der Waals surface area contributed by atoms with Crippen LogP contribution in [0.5, 0.6) is 0 Å². The lowest BCUT2D eigenvalue weighted by Gasteiger charge is -2.24. The molecule has 10 heteroatoms. The van der Waals surface area contributed by atoms with Gasteiger partial charge in [-0.05, 0) is 42.5 Å². The lowest BCUT2D eigenvalue weighted by molar-refractivity contribution is -0.114. The summed E-state index contributed by atoms with van der Waals surface area (Å²) in [5.41, 5.74) is 0.621. The average Bonchev–Trinajstić information content (AvgIpc) is 2.83. The van der Waals surface area contributed by atoms with E-state index in [4.69, 9.17) is 23.2 Å². The van der Waals surface area contributed by atoms with E-state index < -0.39 is 28.4 Å². The van der Waals surface area contributed by atoms with Gasteiger partial charge >= 0.3 is 0 Å². The standard InChI is InChI=1S/C24H21Cl2N3O4S/c1-2-14-27-24(31)19-10-6-7-11-22(19)28-23(30)16-29(17-12-13-20(25)21(26)15-17)34(32,33)18-8-4-3-5-9-18/h2-13,15H,1,14,16H2,(H,27,31)(H,28,30). The molecule has 2 amide bonds. The number of carbonyl (C=O) groups excluding carboxylic acids is 2. The normalized spacial score (nSPS) is 10.9. The molecule has 7 nitrogen and oxygen atoms in total. The highest BCUT2D eigenvalue weighted by Crippen LogP contribution is 2.30. The highest BCUT2D eigenvalue weighted by atomic mass is 35.5. The molecular formula is C24H21Cl2N3O4S. The maximum absolute atomic E-state index is 13.4. The van der Waals surface area contributed by atoms with Gasteiger partial charge in [0.1, 0.15) is 6.54 Å². The predicted molar refractivity (Wildman–Crippen MR) is 135 cm³/mol. The van der Waals surface area contributed by atoms with Crippen LogP contribution in [0, 0.1) is 0 Å². The van der Waals surface area contributed by atoms with E-state index in [1.54, 1.807) is 42.5 Å². The Kier molecular flexibility index (Phi) is 8.33. The second-order valence-electron chi connectivity index (χ2n) is 7.02. The van der Waals surface area contributed by atoms with Crippen molar-refractivity contribution in [1.29, 1.82) is 0 Å². The maximum Gasteiger partial charge on any atom is 0.264 e. The highest BCUT2D eigenvalue weighted by molar-refractivity contribution is 7.92. The van der Waals surface area contributed by atoms with Crippen molar-refractivity contribution in [2.45, 2.75) is 4.90 Å². The number of nitrogens with one attached hydrogen (secondary N) is 2. The summed E-state index contributed by atoms with van der Waals surface area (Å²) < 4.78 is 27.7. The van der Waals surface area contributed by atoms with Gasteiger partial charge in [0, 0.05) is 6.54 Å². The number of para-hydroxylation sites is 1. The Hall–Kier alpha value is -3.33. The quantitative estimate of drug-likeness (QED) is 0.400. The van der Waals surface area contributed by atoms with Gasteiger partial charge < -0.3 is 10.6 Å². The third-order valence-electron chi connectivity index (χ3n) is 4.66. The average molecular weight is 518 g/mol. The van der Waals surface area contributed by atoms with Crippen LogP contribution < -0.4 is 14.9 Å². The maximum atomic E-state index is 13.4. The van der Waals surface area contributed by atoms with Crippen LogP contribution in [0.4, 0.5) is 11.4 Å². The van der Waals surface area contributed by atoms with Crippen LogP contribution in [-0.2, 0) is 14.8 Å². The monoisotopic (exact) mass is 517 g/mol. The second kappa shape index (κ2) is 11.2. The van der Waals surface area contributed by atoms with Gasteiger partial charge in [-0.3, -0.25) is 13.9 Å². The fourth-order valence-electron chi connectivity index (χ4n) is 3.05. The zero-order valence-electron chi connectivity index (χ0n) is 17.9. The van der Waals surface area contributed by atoms with Crippen molar-refractivity contribution in [3.05, 3.63) is 101 Å². The van der Waals surface area contributed by atoms with Gasteiger partial charge in [-0.15, -0.1) is 6.58 Å². The molecule has 3 aromatic rings. The number of anilines is 2. The van der Waals surface area contributed by atoms with Crippen molar-refractivity contribution in [2.24, 2.45) is 0 Å². The Labute approximate surface area is 208 Å². The van der Waals surface area contributed by atoms with Gasteiger partial charge in [-0.25, -0.2) is 8.42 Å². The fraction of sp³-hybridized carbons (Fsp3) is 0.0833. The summed E-state index contributed by atoms with van der Waals surface area (Å²) in [7, 11) is -4.13. The molecule has 0 atom stereocenters. The summed E-state index contributed by atoms with van der Waals surface area (Å²) in [6, 6.07) is 18.4. The molecule has 0 aliphatic heterocycles. The number of nitrogens with zero attached hydrogens (tertiary/aromatic N) is 1. The van der Waals surface area contributed by atoms with Gasteiger partial charge in [0.15, 0.2) is 0 Å². The Balaban J connectivity index is 1.94. The van der Waals surface area contributed by atoms with Gasteiger partial charge in [0.25, 0.3) is 15.9 Å². The van der Waals surface area contributed by atoms with E-state index in [0.29, 0.717) is 0 Å². The van der Waals surface area contributed by atoms with Crippen molar-refractivity contribution in [3.63, 3.8) is 0 Å². The molecule has 0 aliphatic rings. The Morgan fingerprint density at radius 3 is 2.29 bits per heavy atom. The van der Waals surface area contributed by atoms with Crippen molar-refractivity contribution < 1.29 is 18.0 Å². The van der Waals surface area contributed by atoms with Crippen LogP contribution >= 0.6 is 23.2 Å². The fourth-order valence-corrected chi connectivity index (χ4v) is 4.77. The summed E-state index contributed by atoms with van der Waals surface area (Å²) in [4.78, 5) is 25.4. The molecule has 0 aromatic heterocycles. The first-order valence-electron chi connectivity index (χ1n) is 10.0. The third-order valence-corrected chi connectivity index (χ3v) is 7.19. The zero-order valence-corrected chi connectivity index (χ0v) is 20.2. The SMILES string of the molecule is C=CCNC(=O)c1ccccc1NC(=O)CN(c1ccc(Cl)c(Cl)c1)S(=O)(=O)c1ccccc1. The van der Waals surface area contributed by atoms with E-state index in [2.05, 4.69) is 17.2 Å². The molecule has 0 saturated heterocycles. The van der Waals surface area contributed by atoms with E-state index in [1.165, 1.54) is 36.4 Å². The van der Waals surface area contributed by atoms with Crippen LogP contribution in [0.15, 0.2) is 90.3 Å². The predicted octanol–water partition coefficient (Wildman–Crippen LogP) is 4.74. The number of amides is 2. The van der Waals surface area contributed by atoms with Gasteiger partial charge in [0.05, 0.1) is 31.9 Å². The lowest BCUT2D eigenvalue weighted by atomic mass is 10.1. The van der Waals surface area contributed by atoms with E-state index in [9.17, 15) is 18.0 Å². The highest BCUT2D eigenvalue weighted by Gasteiger charge is 2.28. The van der Waals surface area contributed by atoms with Crippen molar-refractivity contribution >= 4 is 56.4 Å². The molecule has 0 radical (unpaired) electrons. The number of carbonyl (C=O) groups is 2. The van der Waals surface area contributed by atoms with E-state index in [-0.39, 0.29) is 38.4 Å². The molecule has 0 saturated carbocycles. The third kappa shape index (κ3) is 5.96. The van der Waals surface area contributed by atoms with Crippen LogP contribution in [-0.4, -0.2) is 33.3 Å². The van der Waals surface area contributed by atoms with Gasteiger partial charge in [-0.1, -0.05) is 59.6 Å². The number of sulfonamides is 1. The minimum atomic E-state index is -4.13. The van der Waals surface area contributed by atoms with Crippen molar-refractivity contribution in [2.75, 3.05) is 22.7 Å². The number of rotatable bonds is 9. The molecular weight excluding hydrogens is 497 g/mol. The molecule has 0 heterocycles. The molecule has 176 valence electrons. The van der Waals surface area contributed by atoms with Crippen molar-refractivity contribution in [3.8, 4) is 0 Å². The van der Waals surface area contributed by atoms with Crippen LogP contribution in [0.2, 0.25) is 10.0 Å². The molecule has 3 rings (SSSR count). The summed E-state index contributed by atoms with van der Waals surface area (Å²) >= 11 is 12.1. The second-order valence-corrected chi connectivity index (χ2v) is 9.69. The molecule has 34 heavy (non-hydrogen) atoms. The molecule has 2 N–H and O–H groups in total. The minimum absolute atomic E-state index is 0.00178. The summed E-state index contributed by atoms with van der Waals surface area (Å²) in [6.07, 6.45) is 1.53. The number of halogens is 2. The molecule has 3 aromatic carbocycles. The molecule has 0 unspecified atom stereocenters. The smallest absolute Gasteiger partial charge is 0.264 e. The zero-order chi connectivity index (χ0) is 24.7. The van der Waals surface area contributed by atoms with E-state index >= 15 is 0 Å². The van der Waals surface area contributed by atoms with Crippen LogP contribution in [0.1, 0.15) is 10.4 Å². The topological polar surface area (TPSA) is 95.6 Å². The first-order valence-corrected chi connectivity index (χ1v) is 12.2. The Morgan fingerprint density at radius 2 is 1.62 bits per heavy atom. The Bertz CT molecular complexity index is 1310. The molecule has 0 bridgehead atoms. The van der Waals surface area contributed by atoms with Crippen LogP contribution in [0.3, 0.4) is 0 Å². The molecule has 0 aliphatic carbocycles. The van der Waals surface area contributed by atoms with Crippen LogP contribution in [0.25, 0.3) is 0 Å². The van der Waals surface area contributed by atoms with Gasteiger partial charge in [-0.2, -0.15) is 0 Å². The summed E-state index contributed by atoms with van der Waals surface area (Å²) in [5.74, 6) is -1.07. The number of benzene rings is 3. The number of hydrogen-bond donors (Lipinski definition) is 2. The Morgan fingerprint density at radius 1 is 0.941 bits per heavy atom. The largest absolute Gasteiger partial charge is 0.349 e. The first-order chi connectivity index (χ1) is 16.2. The summed E-state index contributed by atoms with van der Waals surface area (Å²) in [6.45, 7) is 3.23. The summed E-state index contributed by atoms with van der Waals surface area (Å²) in [5, 5.41) is 5.65. The lowest BCUT2D eigenvalue weighted by Crippen LogP contribution is -2.38. The molecule has 0 fully saturated rings. The van der Waals surface area contributed by atoms with E-state index in [0.717, 1.165) is 4.31 Å². The van der Waals surface area contributed by atoms with E-state index in [1.807, 2.05) is 0 Å². The number of hydrogen-bond acceptors (Lipinski definition) is 4. The molecule has 0 spiro atoms. The van der Waals surface area contributed by atoms with Crippen molar-refractivity contribution in [1.82, 2.24) is 5.32 Å². The minimum Gasteiger partial charge on any atom is -0.349 e. The van der Waals surface area contributed by atoms with Gasteiger partial charge in [0.2, 0.25) is 5.91 Å². The first kappa shape index (κ1) is 25.3.